The van der Waals surface area contributed by atoms with Crippen LogP contribution in [0.5, 0.6) is 0 Å². The Kier molecular flexibility index (Phi) is 5.90. The summed E-state index contributed by atoms with van der Waals surface area (Å²) in [6, 6.07) is 11.6. The van der Waals surface area contributed by atoms with Crippen LogP contribution < -0.4 is 10.6 Å². The molecule has 0 spiro atoms. The van der Waals surface area contributed by atoms with Gasteiger partial charge in [0.15, 0.2) is 10.9 Å². The van der Waals surface area contributed by atoms with E-state index < -0.39 is 0 Å². The van der Waals surface area contributed by atoms with E-state index in [-0.39, 0.29) is 6.04 Å². The third-order valence-corrected chi connectivity index (χ3v) is 4.39. The SMILES string of the molecule is CCn1ccc(C(C)NC(=S)Nc2ccn(Cc3ccc(Cl)cc3)n2)n1. The van der Waals surface area contributed by atoms with Crippen LogP contribution in [0.3, 0.4) is 0 Å². The molecule has 2 N–H and O–H groups in total. The summed E-state index contributed by atoms with van der Waals surface area (Å²) in [5, 5.41) is 16.6. The van der Waals surface area contributed by atoms with Gasteiger partial charge in [0, 0.05) is 30.0 Å². The van der Waals surface area contributed by atoms with Crippen molar-refractivity contribution in [3.8, 4) is 0 Å². The molecule has 2 heterocycles. The van der Waals surface area contributed by atoms with E-state index in [9.17, 15) is 0 Å². The number of halogens is 1. The zero-order valence-corrected chi connectivity index (χ0v) is 16.3. The number of anilines is 1. The van der Waals surface area contributed by atoms with E-state index in [1.807, 2.05) is 65.1 Å². The Bertz CT molecular complexity index is 870. The number of thiocarbonyl (C=S) groups is 1. The molecule has 0 saturated carbocycles. The maximum absolute atomic E-state index is 5.91. The molecule has 136 valence electrons. The Morgan fingerprint density at radius 2 is 1.85 bits per heavy atom. The summed E-state index contributed by atoms with van der Waals surface area (Å²) in [6.45, 7) is 5.60. The van der Waals surface area contributed by atoms with Crippen LogP contribution in [-0.2, 0) is 13.1 Å². The molecule has 2 aromatic heterocycles. The van der Waals surface area contributed by atoms with E-state index in [4.69, 9.17) is 23.8 Å². The summed E-state index contributed by atoms with van der Waals surface area (Å²) in [6.07, 6.45) is 3.87. The van der Waals surface area contributed by atoms with Gasteiger partial charge in [0.25, 0.3) is 0 Å². The maximum Gasteiger partial charge on any atom is 0.172 e. The van der Waals surface area contributed by atoms with Crippen molar-refractivity contribution in [1.29, 1.82) is 0 Å². The molecule has 0 radical (unpaired) electrons. The van der Waals surface area contributed by atoms with Crippen LogP contribution in [0.25, 0.3) is 0 Å². The Labute approximate surface area is 163 Å². The van der Waals surface area contributed by atoms with Gasteiger partial charge in [-0.25, -0.2) is 0 Å². The maximum atomic E-state index is 5.91. The van der Waals surface area contributed by atoms with Crippen LogP contribution in [0, 0.1) is 0 Å². The van der Waals surface area contributed by atoms with E-state index in [1.54, 1.807) is 0 Å². The van der Waals surface area contributed by atoms with Gasteiger partial charge in [-0.05, 0) is 49.8 Å². The van der Waals surface area contributed by atoms with Crippen LogP contribution >= 0.6 is 23.8 Å². The van der Waals surface area contributed by atoms with Gasteiger partial charge >= 0.3 is 0 Å². The molecule has 1 unspecified atom stereocenters. The molecular formula is C18H21ClN6S. The van der Waals surface area contributed by atoms with Crippen LogP contribution in [-0.4, -0.2) is 24.7 Å². The second-order valence-electron chi connectivity index (χ2n) is 5.94. The Hall–Kier alpha value is -2.38. The molecule has 1 atom stereocenters. The highest BCUT2D eigenvalue weighted by Gasteiger charge is 2.11. The lowest BCUT2D eigenvalue weighted by Gasteiger charge is -2.14. The van der Waals surface area contributed by atoms with Gasteiger partial charge in [-0.15, -0.1) is 0 Å². The number of nitrogens with zero attached hydrogens (tertiary/aromatic N) is 4. The topological polar surface area (TPSA) is 59.7 Å². The number of aromatic nitrogens is 4. The fourth-order valence-corrected chi connectivity index (χ4v) is 2.91. The standard InChI is InChI=1S/C18H21ClN6S/c1-3-24-10-8-16(22-24)13(2)20-18(26)21-17-9-11-25(23-17)12-14-4-6-15(19)7-5-14/h4-11,13H,3,12H2,1-2H3,(H2,20,21,23,26). The Morgan fingerprint density at radius 3 is 2.54 bits per heavy atom. The summed E-state index contributed by atoms with van der Waals surface area (Å²) in [5.41, 5.74) is 2.08. The minimum Gasteiger partial charge on any atom is -0.354 e. The smallest absolute Gasteiger partial charge is 0.172 e. The predicted molar refractivity (Wildman–Crippen MR) is 108 cm³/mol. The lowest BCUT2D eigenvalue weighted by molar-refractivity contribution is 0.613. The number of nitrogens with one attached hydrogen (secondary N) is 2. The number of benzene rings is 1. The van der Waals surface area contributed by atoms with E-state index in [2.05, 4.69) is 27.8 Å². The van der Waals surface area contributed by atoms with Gasteiger partial charge in [-0.1, -0.05) is 23.7 Å². The Balaban J connectivity index is 1.54. The minimum absolute atomic E-state index is 0.0129. The van der Waals surface area contributed by atoms with E-state index >= 15 is 0 Å². The fraction of sp³-hybridized carbons (Fsp3) is 0.278. The van der Waals surface area contributed by atoms with Crippen molar-refractivity contribution in [2.75, 3.05) is 5.32 Å². The zero-order valence-electron chi connectivity index (χ0n) is 14.7. The molecule has 3 aromatic rings. The molecule has 0 aliphatic rings. The molecule has 0 aliphatic carbocycles. The zero-order chi connectivity index (χ0) is 18.5. The van der Waals surface area contributed by atoms with Crippen molar-refractivity contribution in [3.05, 3.63) is 65.1 Å². The highest BCUT2D eigenvalue weighted by molar-refractivity contribution is 7.80. The van der Waals surface area contributed by atoms with Crippen molar-refractivity contribution in [1.82, 2.24) is 24.9 Å². The lowest BCUT2D eigenvalue weighted by Crippen LogP contribution is -2.31. The predicted octanol–water partition coefficient (Wildman–Crippen LogP) is 3.85. The quantitative estimate of drug-likeness (QED) is 0.628. The molecule has 1 aromatic carbocycles. The number of hydrogen-bond acceptors (Lipinski definition) is 3. The van der Waals surface area contributed by atoms with Gasteiger partial charge in [0.1, 0.15) is 0 Å². The fourth-order valence-electron chi connectivity index (χ4n) is 2.50. The van der Waals surface area contributed by atoms with Crippen molar-refractivity contribution < 1.29 is 0 Å². The summed E-state index contributed by atoms with van der Waals surface area (Å²) in [4.78, 5) is 0. The second kappa shape index (κ2) is 8.33. The summed E-state index contributed by atoms with van der Waals surface area (Å²) < 4.78 is 3.74. The third kappa shape index (κ3) is 4.83. The molecule has 26 heavy (non-hydrogen) atoms. The second-order valence-corrected chi connectivity index (χ2v) is 6.79. The molecule has 0 amide bonds. The average molecular weight is 389 g/mol. The highest BCUT2D eigenvalue weighted by atomic mass is 35.5. The van der Waals surface area contributed by atoms with Gasteiger partial charge in [-0.2, -0.15) is 10.2 Å². The molecule has 6 nitrogen and oxygen atoms in total. The van der Waals surface area contributed by atoms with Crippen LogP contribution in [0.1, 0.15) is 31.1 Å². The van der Waals surface area contributed by atoms with Gasteiger partial charge in [-0.3, -0.25) is 9.36 Å². The number of aryl methyl sites for hydroxylation is 1. The molecule has 0 aliphatic heterocycles. The van der Waals surface area contributed by atoms with E-state index in [0.29, 0.717) is 17.5 Å². The first-order valence-electron chi connectivity index (χ1n) is 8.42. The van der Waals surface area contributed by atoms with Crippen LogP contribution in [0.4, 0.5) is 5.82 Å². The summed E-state index contributed by atoms with van der Waals surface area (Å²) in [5.74, 6) is 0.697. The molecule has 0 saturated heterocycles. The van der Waals surface area contributed by atoms with Gasteiger partial charge in [0.2, 0.25) is 0 Å². The minimum atomic E-state index is 0.0129. The van der Waals surface area contributed by atoms with Crippen molar-refractivity contribution in [3.63, 3.8) is 0 Å². The Morgan fingerprint density at radius 1 is 1.12 bits per heavy atom. The third-order valence-electron chi connectivity index (χ3n) is 3.92. The molecule has 8 heteroatoms. The van der Waals surface area contributed by atoms with Crippen LogP contribution in [0.15, 0.2) is 48.8 Å². The van der Waals surface area contributed by atoms with Crippen molar-refractivity contribution in [2.45, 2.75) is 33.0 Å². The highest BCUT2D eigenvalue weighted by Crippen LogP contribution is 2.12. The summed E-state index contributed by atoms with van der Waals surface area (Å²) in [7, 11) is 0. The molecule has 0 bridgehead atoms. The van der Waals surface area contributed by atoms with E-state index in [1.165, 1.54) is 0 Å². The van der Waals surface area contributed by atoms with Crippen molar-refractivity contribution in [2.24, 2.45) is 0 Å². The van der Waals surface area contributed by atoms with Gasteiger partial charge in [0.05, 0.1) is 18.3 Å². The van der Waals surface area contributed by atoms with Crippen LogP contribution in [0.2, 0.25) is 5.02 Å². The first kappa shape index (κ1) is 18.4. The first-order valence-corrected chi connectivity index (χ1v) is 9.21. The first-order chi connectivity index (χ1) is 12.5. The van der Waals surface area contributed by atoms with Gasteiger partial charge < -0.3 is 10.6 Å². The number of hydrogen-bond donors (Lipinski definition) is 2. The van der Waals surface area contributed by atoms with Crippen molar-refractivity contribution >= 4 is 34.7 Å². The monoisotopic (exact) mass is 388 g/mol. The number of rotatable bonds is 6. The summed E-state index contributed by atoms with van der Waals surface area (Å²) >= 11 is 11.3. The van der Waals surface area contributed by atoms with E-state index in [0.717, 1.165) is 22.8 Å². The lowest BCUT2D eigenvalue weighted by atomic mass is 10.2. The molecule has 0 fully saturated rings. The molecule has 3 rings (SSSR count). The normalized spacial score (nSPS) is 12.0. The largest absolute Gasteiger partial charge is 0.354 e. The average Bonchev–Trinajstić information content (AvgIpc) is 3.26. The molecular weight excluding hydrogens is 368 g/mol.